The van der Waals surface area contributed by atoms with Crippen LogP contribution in [0.2, 0.25) is 0 Å². The molecule has 0 radical (unpaired) electrons. The van der Waals surface area contributed by atoms with Crippen molar-refractivity contribution in [1.29, 1.82) is 0 Å². The van der Waals surface area contributed by atoms with Crippen LogP contribution in [0, 0.1) is 6.92 Å². The molecule has 3 nitrogen and oxygen atoms in total. The van der Waals surface area contributed by atoms with Gasteiger partial charge in [0.05, 0.1) is 4.90 Å². The minimum Gasteiger partial charge on any atom is -0.458 e. The van der Waals surface area contributed by atoms with E-state index in [1.165, 1.54) is 6.07 Å². The molecule has 1 aromatic rings. The Morgan fingerprint density at radius 3 is 2.31 bits per heavy atom. The molecule has 0 atom stereocenters. The summed E-state index contributed by atoms with van der Waals surface area (Å²) in [6.45, 7) is 1.69. The number of benzene rings is 1. The monoisotopic (exact) mass is 227 g/mol. The van der Waals surface area contributed by atoms with Gasteiger partial charge in [-0.2, -0.15) is 0 Å². The summed E-state index contributed by atoms with van der Waals surface area (Å²) >= 11 is 4.94. The molecule has 0 amide bonds. The van der Waals surface area contributed by atoms with Gasteiger partial charge in [0, 0.05) is 0 Å². The zero-order valence-corrected chi connectivity index (χ0v) is 10.9. The van der Waals surface area contributed by atoms with Crippen molar-refractivity contribution < 1.29 is 38.0 Å². The van der Waals surface area contributed by atoms with Crippen molar-refractivity contribution in [1.82, 2.24) is 0 Å². The first kappa shape index (κ1) is 13.4. The van der Waals surface area contributed by atoms with Crippen LogP contribution in [0.5, 0.6) is 0 Å². The second kappa shape index (κ2) is 5.34. The van der Waals surface area contributed by atoms with Gasteiger partial charge in [0.15, 0.2) is 0 Å². The molecule has 1 rings (SSSR count). The topological polar surface area (TPSA) is 48.2 Å². The molecular formula is C7H7ClNNaO2S. The second-order valence-electron chi connectivity index (χ2n) is 2.31. The number of rotatable bonds is 2. The van der Waals surface area contributed by atoms with Gasteiger partial charge in [-0.3, -0.25) is 11.8 Å². The number of hydrogen-bond acceptors (Lipinski definition) is 2. The van der Waals surface area contributed by atoms with Crippen molar-refractivity contribution in [2.24, 2.45) is 0 Å². The molecule has 1 aromatic carbocycles. The van der Waals surface area contributed by atoms with Gasteiger partial charge in [-0.1, -0.05) is 18.2 Å². The van der Waals surface area contributed by atoms with E-state index in [4.69, 9.17) is 11.8 Å². The molecule has 0 fully saturated rings. The predicted molar refractivity (Wildman–Crippen MR) is 47.6 cm³/mol. The van der Waals surface area contributed by atoms with Crippen LogP contribution in [0.4, 0.5) is 0 Å². The van der Waals surface area contributed by atoms with Crippen molar-refractivity contribution in [3.8, 4) is 0 Å². The molecule has 0 aromatic heterocycles. The average Bonchev–Trinajstić information content (AvgIpc) is 2.05. The fraction of sp³-hybridized carbons (Fsp3) is 0.143. The van der Waals surface area contributed by atoms with E-state index in [9.17, 15) is 8.42 Å². The molecule has 0 aliphatic carbocycles. The number of nitrogens with zero attached hydrogens (tertiary/aromatic N) is 1. The van der Waals surface area contributed by atoms with Gasteiger partial charge in [0.1, 0.15) is 10.0 Å². The zero-order valence-electron chi connectivity index (χ0n) is 7.36. The normalized spacial score (nSPS) is 10.6. The molecule has 0 spiro atoms. The van der Waals surface area contributed by atoms with Gasteiger partial charge < -0.3 is 4.24 Å². The van der Waals surface area contributed by atoms with Crippen LogP contribution in [-0.4, -0.2) is 8.42 Å². The molecule has 66 valence electrons. The van der Waals surface area contributed by atoms with E-state index < -0.39 is 10.0 Å². The van der Waals surface area contributed by atoms with Crippen LogP contribution in [0.1, 0.15) is 5.56 Å². The minimum absolute atomic E-state index is 0. The van der Waals surface area contributed by atoms with Crippen LogP contribution >= 0.6 is 11.8 Å². The first-order valence-corrected chi connectivity index (χ1v) is 4.99. The van der Waals surface area contributed by atoms with Gasteiger partial charge in [0.25, 0.3) is 0 Å². The summed E-state index contributed by atoms with van der Waals surface area (Å²) in [6.07, 6.45) is 0. The van der Waals surface area contributed by atoms with Crippen molar-refractivity contribution in [3.63, 3.8) is 0 Å². The molecule has 0 N–H and O–H groups in total. The number of sulfonamides is 1. The molecule has 0 aliphatic rings. The fourth-order valence-electron chi connectivity index (χ4n) is 0.883. The summed E-state index contributed by atoms with van der Waals surface area (Å²) in [5.41, 5.74) is 0.641. The Labute approximate surface area is 105 Å². The van der Waals surface area contributed by atoms with Crippen molar-refractivity contribution in [2.75, 3.05) is 0 Å². The maximum Gasteiger partial charge on any atom is 1.00 e. The molecule has 13 heavy (non-hydrogen) atoms. The molecule has 0 unspecified atom stereocenters. The standard InChI is InChI=1S/C7H7ClNO2S.Na/c1-6-4-2-3-5-7(6)12(10,11)9-8;/h2-5H,1H3;/q-1;+1. The summed E-state index contributed by atoms with van der Waals surface area (Å²) in [6, 6.07) is 6.54. The molecule has 6 heteroatoms. The molecule has 0 heterocycles. The predicted octanol–water partition coefficient (Wildman–Crippen LogP) is -0.785. The Bertz CT molecular complexity index is 380. The summed E-state index contributed by atoms with van der Waals surface area (Å²) < 4.78 is 25.0. The Kier molecular flexibility index (Phi) is 5.51. The van der Waals surface area contributed by atoms with Crippen molar-refractivity contribution in [2.45, 2.75) is 11.8 Å². The summed E-state index contributed by atoms with van der Waals surface area (Å²) in [5.74, 6) is 0. The number of halogens is 1. The Morgan fingerprint density at radius 1 is 1.31 bits per heavy atom. The van der Waals surface area contributed by atoms with E-state index in [0.29, 0.717) is 5.56 Å². The summed E-state index contributed by atoms with van der Waals surface area (Å²) in [4.78, 5) is 0.153. The smallest absolute Gasteiger partial charge is 0.458 e. The molecule has 0 saturated carbocycles. The molecule has 0 saturated heterocycles. The third-order valence-corrected chi connectivity index (χ3v) is 3.20. The van der Waals surface area contributed by atoms with E-state index in [-0.39, 0.29) is 34.5 Å². The third kappa shape index (κ3) is 3.23. The van der Waals surface area contributed by atoms with Gasteiger partial charge >= 0.3 is 29.6 Å². The van der Waals surface area contributed by atoms with Crippen molar-refractivity contribution >= 4 is 21.8 Å². The summed E-state index contributed by atoms with van der Waals surface area (Å²) in [7, 11) is -3.64. The van der Waals surface area contributed by atoms with Gasteiger partial charge in [0.2, 0.25) is 0 Å². The Balaban J connectivity index is 0.00000144. The van der Waals surface area contributed by atoms with Crippen LogP contribution in [0.15, 0.2) is 29.2 Å². The van der Waals surface area contributed by atoms with Gasteiger partial charge in [-0.15, -0.1) is 0 Å². The van der Waals surface area contributed by atoms with Crippen LogP contribution in [0.3, 0.4) is 0 Å². The molecular weight excluding hydrogens is 221 g/mol. The molecule has 0 bridgehead atoms. The van der Waals surface area contributed by atoms with Gasteiger partial charge in [-0.25, -0.2) is 8.42 Å². The second-order valence-corrected chi connectivity index (χ2v) is 4.25. The Morgan fingerprint density at radius 2 is 1.85 bits per heavy atom. The maximum atomic E-state index is 11.1. The van der Waals surface area contributed by atoms with Crippen LogP contribution in [-0.2, 0) is 10.0 Å². The molecule has 0 aliphatic heterocycles. The maximum absolute atomic E-state index is 11.1. The van der Waals surface area contributed by atoms with E-state index in [2.05, 4.69) is 4.24 Å². The van der Waals surface area contributed by atoms with Crippen molar-refractivity contribution in [3.05, 3.63) is 34.1 Å². The first-order valence-electron chi connectivity index (χ1n) is 3.22. The van der Waals surface area contributed by atoms with E-state index in [1.807, 2.05) is 0 Å². The quantitative estimate of drug-likeness (QED) is 0.622. The van der Waals surface area contributed by atoms with Crippen LogP contribution < -0.4 is 29.6 Å². The SMILES string of the molecule is Cc1ccccc1S(=O)(=O)[N-]Cl.[Na+]. The van der Waals surface area contributed by atoms with E-state index in [0.717, 1.165) is 0 Å². The third-order valence-electron chi connectivity index (χ3n) is 1.46. The zero-order chi connectivity index (χ0) is 9.19. The van der Waals surface area contributed by atoms with E-state index >= 15 is 0 Å². The van der Waals surface area contributed by atoms with E-state index in [1.54, 1.807) is 25.1 Å². The number of aryl methyl sites for hydroxylation is 1. The summed E-state index contributed by atoms with van der Waals surface area (Å²) in [5, 5.41) is 0. The number of hydrogen-bond donors (Lipinski definition) is 0. The van der Waals surface area contributed by atoms with Gasteiger partial charge in [-0.05, 0) is 18.6 Å². The largest absolute Gasteiger partial charge is 1.00 e. The Hall–Kier alpha value is 0.420. The fourth-order valence-corrected chi connectivity index (χ4v) is 1.91. The first-order chi connectivity index (χ1) is 5.58. The van der Waals surface area contributed by atoms with Crippen LogP contribution in [0.25, 0.3) is 4.24 Å². The minimum atomic E-state index is -3.64. The average molecular weight is 228 g/mol.